The van der Waals surface area contributed by atoms with E-state index < -0.39 is 0 Å². The van der Waals surface area contributed by atoms with Crippen molar-refractivity contribution in [2.45, 2.75) is 37.8 Å². The van der Waals surface area contributed by atoms with Gasteiger partial charge < -0.3 is 29.2 Å². The molecular weight excluding hydrogens is 556 g/mol. The number of likely N-dealkylation sites (N-methyl/N-ethyl adjacent to an activating group) is 2. The molecule has 4 heterocycles. The fourth-order valence-corrected chi connectivity index (χ4v) is 6.99. The minimum Gasteiger partial charge on any atom is -0.504 e. The maximum atomic E-state index is 11.6. The van der Waals surface area contributed by atoms with Crippen molar-refractivity contribution in [3.63, 3.8) is 0 Å². The van der Waals surface area contributed by atoms with Crippen LogP contribution >= 0.6 is 0 Å². The van der Waals surface area contributed by atoms with Gasteiger partial charge >= 0.3 is 0 Å². The van der Waals surface area contributed by atoms with E-state index in [-0.39, 0.29) is 23.6 Å². The lowest BCUT2D eigenvalue weighted by Crippen LogP contribution is -2.34. The van der Waals surface area contributed by atoms with Crippen molar-refractivity contribution < 1.29 is 29.2 Å². The van der Waals surface area contributed by atoms with Crippen molar-refractivity contribution in [2.75, 3.05) is 41.4 Å². The fraction of sp³-hybridized carbons (Fsp3) is 0.333. The van der Waals surface area contributed by atoms with E-state index in [1.165, 1.54) is 11.1 Å². The SMILES string of the molecule is COc1cc2c3cc1Oc1c(O)c(OC)cc4c1C(Cc1ccc(c(O)c1)Oc1cccc(c1)CC3N(C)CC2)N(C)CC4. The lowest BCUT2D eigenvalue weighted by molar-refractivity contribution is 0.220. The third kappa shape index (κ3) is 4.98. The topological polar surface area (TPSA) is 83.9 Å². The maximum Gasteiger partial charge on any atom is 0.201 e. The summed E-state index contributed by atoms with van der Waals surface area (Å²) in [5.74, 6) is 3.03. The summed E-state index contributed by atoms with van der Waals surface area (Å²) in [6.07, 6.45) is 3.01. The first-order chi connectivity index (χ1) is 21.3. The molecule has 0 aromatic heterocycles. The van der Waals surface area contributed by atoms with Crippen molar-refractivity contribution in [3.05, 3.63) is 94.0 Å². The highest BCUT2D eigenvalue weighted by Crippen LogP contribution is 2.51. The molecule has 4 aliphatic heterocycles. The number of phenols is 2. The Morgan fingerprint density at radius 3 is 2.20 bits per heavy atom. The Bertz CT molecular complexity index is 1740. The van der Waals surface area contributed by atoms with Crippen molar-refractivity contribution in [1.82, 2.24) is 9.80 Å². The number of phenolic OH excluding ortho intramolecular Hbond substituents is 2. The zero-order chi connectivity index (χ0) is 30.5. The van der Waals surface area contributed by atoms with E-state index in [4.69, 9.17) is 18.9 Å². The monoisotopic (exact) mass is 594 g/mol. The van der Waals surface area contributed by atoms with Gasteiger partial charge in [-0.2, -0.15) is 0 Å². The number of benzene rings is 4. The molecule has 0 saturated heterocycles. The number of methoxy groups -OCH3 is 2. The minimum absolute atomic E-state index is 0.0437. The van der Waals surface area contributed by atoms with Crippen molar-refractivity contribution in [3.8, 4) is 46.0 Å². The Hall–Kier alpha value is -4.40. The molecule has 2 unspecified atom stereocenters. The zero-order valence-electron chi connectivity index (χ0n) is 25.6. The number of nitrogens with zero attached hydrogens (tertiary/aromatic N) is 2. The summed E-state index contributed by atoms with van der Waals surface area (Å²) in [6, 6.07) is 19.7. The smallest absolute Gasteiger partial charge is 0.201 e. The van der Waals surface area contributed by atoms with Crippen LogP contribution in [0.15, 0.2) is 60.7 Å². The van der Waals surface area contributed by atoms with E-state index in [0.717, 1.165) is 54.6 Å². The Morgan fingerprint density at radius 2 is 1.43 bits per heavy atom. The molecule has 4 aromatic rings. The van der Waals surface area contributed by atoms with Crippen molar-refractivity contribution in [2.24, 2.45) is 0 Å². The Morgan fingerprint density at radius 1 is 0.727 bits per heavy atom. The van der Waals surface area contributed by atoms with Gasteiger partial charge in [-0.05, 0) is 110 Å². The van der Waals surface area contributed by atoms with E-state index in [1.807, 2.05) is 36.4 Å². The standard InChI is InChI=1S/C36H38N2O6/c1-37-12-10-23-18-31(41-3)32-20-26(23)27(37)15-21-6-5-7-25(14-21)43-30-9-8-22(17-29(30)39)16-28-34-24(11-13-38(28)2)19-33(42-4)35(40)36(34)44-32/h5-9,14,17-20,27-28,39-40H,10-13,15-16H2,1-4H3. The van der Waals surface area contributed by atoms with E-state index in [1.54, 1.807) is 20.3 Å². The first-order valence-corrected chi connectivity index (χ1v) is 15.1. The van der Waals surface area contributed by atoms with Crippen molar-refractivity contribution in [1.29, 1.82) is 0 Å². The molecular formula is C36H38N2O6. The van der Waals surface area contributed by atoms with Gasteiger partial charge in [0.05, 0.1) is 14.2 Å². The third-order valence-corrected chi connectivity index (χ3v) is 9.43. The lowest BCUT2D eigenvalue weighted by Gasteiger charge is -2.37. The van der Waals surface area contributed by atoms with Gasteiger partial charge in [-0.3, -0.25) is 9.80 Å². The second-order valence-corrected chi connectivity index (χ2v) is 12.1. The summed E-state index contributed by atoms with van der Waals surface area (Å²) in [4.78, 5) is 4.63. The molecule has 2 N–H and O–H groups in total. The van der Waals surface area contributed by atoms with Crippen LogP contribution in [-0.2, 0) is 25.7 Å². The van der Waals surface area contributed by atoms with Crippen molar-refractivity contribution >= 4 is 0 Å². The Labute approximate surface area is 258 Å². The highest BCUT2D eigenvalue weighted by atomic mass is 16.5. The molecule has 2 atom stereocenters. The molecule has 6 bridgehead atoms. The summed E-state index contributed by atoms with van der Waals surface area (Å²) in [7, 11) is 7.44. The number of rotatable bonds is 2. The third-order valence-electron chi connectivity index (χ3n) is 9.43. The summed E-state index contributed by atoms with van der Waals surface area (Å²) in [5, 5.41) is 22.6. The van der Waals surface area contributed by atoms with Crippen LogP contribution in [0.4, 0.5) is 0 Å². The zero-order valence-corrected chi connectivity index (χ0v) is 25.6. The summed E-state index contributed by atoms with van der Waals surface area (Å²) >= 11 is 0. The molecule has 8 rings (SSSR count). The summed E-state index contributed by atoms with van der Waals surface area (Å²) in [5.41, 5.74) is 6.41. The Balaban J connectivity index is 1.46. The quantitative estimate of drug-likeness (QED) is 0.270. The van der Waals surface area contributed by atoms with Gasteiger partial charge in [-0.1, -0.05) is 18.2 Å². The molecule has 8 heteroatoms. The Kier molecular flexibility index (Phi) is 7.26. The first-order valence-electron chi connectivity index (χ1n) is 15.1. The van der Waals surface area contributed by atoms with Gasteiger partial charge in [0, 0.05) is 30.7 Å². The second-order valence-electron chi connectivity index (χ2n) is 12.1. The van der Waals surface area contributed by atoms with Crippen LogP contribution < -0.4 is 18.9 Å². The van der Waals surface area contributed by atoms with Gasteiger partial charge in [0.1, 0.15) is 5.75 Å². The van der Waals surface area contributed by atoms with E-state index >= 15 is 0 Å². The number of ether oxygens (including phenoxy) is 4. The lowest BCUT2D eigenvalue weighted by atomic mass is 9.87. The number of aromatic hydroxyl groups is 2. The van der Waals surface area contributed by atoms with Crippen LogP contribution in [0.5, 0.6) is 46.0 Å². The fourth-order valence-electron chi connectivity index (χ4n) is 6.99. The summed E-state index contributed by atoms with van der Waals surface area (Å²) in [6.45, 7) is 1.74. The molecule has 4 aromatic carbocycles. The predicted octanol–water partition coefficient (Wildman–Crippen LogP) is 6.56. The first kappa shape index (κ1) is 28.4. The van der Waals surface area contributed by atoms with E-state index in [9.17, 15) is 10.2 Å². The largest absolute Gasteiger partial charge is 0.504 e. The molecule has 4 aliphatic rings. The van der Waals surface area contributed by atoms with Crippen LogP contribution in [0.3, 0.4) is 0 Å². The maximum absolute atomic E-state index is 11.6. The molecule has 0 amide bonds. The van der Waals surface area contributed by atoms with Crippen LogP contribution in [0.1, 0.15) is 45.5 Å². The van der Waals surface area contributed by atoms with Crippen LogP contribution in [0.2, 0.25) is 0 Å². The van der Waals surface area contributed by atoms with Crippen LogP contribution in [0.25, 0.3) is 0 Å². The number of hydrogen-bond acceptors (Lipinski definition) is 8. The molecule has 44 heavy (non-hydrogen) atoms. The predicted molar refractivity (Wildman–Crippen MR) is 168 cm³/mol. The minimum atomic E-state index is -0.130. The van der Waals surface area contributed by atoms with Gasteiger partial charge in [0.15, 0.2) is 34.5 Å². The molecule has 0 radical (unpaired) electrons. The molecule has 0 aliphatic carbocycles. The molecule has 0 fully saturated rings. The average molecular weight is 595 g/mol. The van der Waals surface area contributed by atoms with Gasteiger partial charge in [0.25, 0.3) is 0 Å². The van der Waals surface area contributed by atoms with Gasteiger partial charge in [-0.15, -0.1) is 0 Å². The van der Waals surface area contributed by atoms with Crippen LogP contribution in [-0.4, -0.2) is 61.4 Å². The number of fused-ring (bicyclic) bond motifs is 2. The highest BCUT2D eigenvalue weighted by molar-refractivity contribution is 5.63. The molecule has 8 nitrogen and oxygen atoms in total. The van der Waals surface area contributed by atoms with Gasteiger partial charge in [0.2, 0.25) is 5.75 Å². The molecule has 0 saturated carbocycles. The molecule has 0 spiro atoms. The normalized spacial score (nSPS) is 19.6. The van der Waals surface area contributed by atoms with E-state index in [2.05, 4.69) is 42.1 Å². The summed E-state index contributed by atoms with van der Waals surface area (Å²) < 4.78 is 24.5. The van der Waals surface area contributed by atoms with E-state index in [0.29, 0.717) is 40.9 Å². The van der Waals surface area contributed by atoms with Crippen LogP contribution in [0, 0.1) is 0 Å². The molecule has 228 valence electrons. The highest BCUT2D eigenvalue weighted by Gasteiger charge is 2.34. The second kappa shape index (κ2) is 11.3. The van der Waals surface area contributed by atoms with Gasteiger partial charge in [-0.25, -0.2) is 0 Å². The number of hydrogen-bond donors (Lipinski definition) is 2. The average Bonchev–Trinajstić information content (AvgIpc) is 3.02.